The van der Waals surface area contributed by atoms with E-state index >= 15 is 0 Å². The maximum Gasteiger partial charge on any atom is 0.493 e. The number of hydrogen-bond donors (Lipinski definition) is 2. The Morgan fingerprint density at radius 2 is 2.31 bits per heavy atom. The summed E-state index contributed by atoms with van der Waals surface area (Å²) in [6.45, 7) is 0.253. The van der Waals surface area contributed by atoms with E-state index in [1.54, 1.807) is 12.1 Å². The highest BCUT2D eigenvalue weighted by Crippen LogP contribution is 2.20. The Labute approximate surface area is 81.1 Å². The summed E-state index contributed by atoms with van der Waals surface area (Å²) in [6, 6.07) is 3.40. The number of aliphatic hydroxyl groups excluding tert-OH is 1. The summed E-state index contributed by atoms with van der Waals surface area (Å²) in [5.74, 6) is 0. The summed E-state index contributed by atoms with van der Waals surface area (Å²) in [7, 11) is -0.950. The molecular weight excluding hydrogens is 190 g/mol. The first-order chi connectivity index (χ1) is 6.24. The van der Waals surface area contributed by atoms with Crippen LogP contribution in [0.25, 0.3) is 0 Å². The van der Waals surface area contributed by atoms with Crippen molar-refractivity contribution in [1.82, 2.24) is 0 Å². The molecule has 2 rings (SSSR count). The van der Waals surface area contributed by atoms with Crippen LogP contribution >= 0.6 is 11.6 Å². The van der Waals surface area contributed by atoms with Gasteiger partial charge in [0.15, 0.2) is 0 Å². The molecule has 0 saturated carbocycles. The standard InChI is InChI=1S/C8H8BClO3/c10-7-2-1-5(3-11)6-4-13-9(12)8(6)7/h1-2,11-12H,3-4H2. The van der Waals surface area contributed by atoms with E-state index in [9.17, 15) is 5.02 Å². The minimum absolute atomic E-state index is 0.0599. The molecule has 0 spiro atoms. The lowest BCUT2D eigenvalue weighted by Gasteiger charge is -2.05. The third kappa shape index (κ3) is 1.36. The van der Waals surface area contributed by atoms with E-state index in [0.29, 0.717) is 17.1 Å². The smallest absolute Gasteiger partial charge is 0.423 e. The molecule has 0 amide bonds. The Kier molecular flexibility index (Phi) is 2.30. The molecule has 5 heteroatoms. The molecule has 1 aliphatic rings. The Morgan fingerprint density at radius 1 is 1.54 bits per heavy atom. The van der Waals surface area contributed by atoms with Crippen LogP contribution in [0.15, 0.2) is 12.1 Å². The zero-order valence-electron chi connectivity index (χ0n) is 6.83. The van der Waals surface area contributed by atoms with Gasteiger partial charge in [-0.3, -0.25) is 0 Å². The number of hydrogen-bond acceptors (Lipinski definition) is 3. The minimum atomic E-state index is -0.950. The van der Waals surface area contributed by atoms with Gasteiger partial charge in [-0.05, 0) is 17.2 Å². The van der Waals surface area contributed by atoms with Gasteiger partial charge >= 0.3 is 7.12 Å². The van der Waals surface area contributed by atoms with Crippen molar-refractivity contribution in [3.05, 3.63) is 28.3 Å². The summed E-state index contributed by atoms with van der Waals surface area (Å²) in [6.07, 6.45) is 0. The zero-order chi connectivity index (χ0) is 9.42. The molecule has 1 aliphatic heterocycles. The van der Waals surface area contributed by atoms with Gasteiger partial charge in [0.2, 0.25) is 0 Å². The molecule has 13 heavy (non-hydrogen) atoms. The SMILES string of the molecule is OCc1ccc(Cl)c2c1COB2O. The van der Waals surface area contributed by atoms with Gasteiger partial charge in [-0.15, -0.1) is 0 Å². The Hall–Kier alpha value is -0.545. The molecule has 0 aliphatic carbocycles. The van der Waals surface area contributed by atoms with Crippen LogP contribution in [0.2, 0.25) is 5.02 Å². The van der Waals surface area contributed by atoms with Crippen molar-refractivity contribution in [1.29, 1.82) is 0 Å². The fourth-order valence-electron chi connectivity index (χ4n) is 1.51. The molecule has 1 aromatic carbocycles. The van der Waals surface area contributed by atoms with Crippen molar-refractivity contribution < 1.29 is 14.8 Å². The van der Waals surface area contributed by atoms with Gasteiger partial charge in [0.05, 0.1) is 13.2 Å². The predicted molar refractivity (Wildman–Crippen MR) is 49.8 cm³/mol. The van der Waals surface area contributed by atoms with E-state index in [1.807, 2.05) is 0 Å². The van der Waals surface area contributed by atoms with E-state index < -0.39 is 7.12 Å². The van der Waals surface area contributed by atoms with Gasteiger partial charge in [0, 0.05) is 10.5 Å². The van der Waals surface area contributed by atoms with Gasteiger partial charge in [-0.2, -0.15) is 0 Å². The van der Waals surface area contributed by atoms with Crippen molar-refractivity contribution in [2.75, 3.05) is 0 Å². The lowest BCUT2D eigenvalue weighted by Crippen LogP contribution is -2.29. The molecule has 3 nitrogen and oxygen atoms in total. The Morgan fingerprint density at radius 3 is 3.00 bits per heavy atom. The number of aliphatic hydroxyl groups is 1. The largest absolute Gasteiger partial charge is 0.493 e. The van der Waals surface area contributed by atoms with E-state index in [4.69, 9.17) is 21.4 Å². The Bertz CT molecular complexity index is 342. The highest BCUT2D eigenvalue weighted by Gasteiger charge is 2.31. The molecule has 1 heterocycles. The second-order valence-electron chi connectivity index (χ2n) is 2.92. The lowest BCUT2D eigenvalue weighted by molar-refractivity contribution is 0.262. The van der Waals surface area contributed by atoms with Crippen LogP contribution in [0.5, 0.6) is 0 Å². The van der Waals surface area contributed by atoms with Crippen molar-refractivity contribution in [3.8, 4) is 0 Å². The van der Waals surface area contributed by atoms with Crippen molar-refractivity contribution in [3.63, 3.8) is 0 Å². The quantitative estimate of drug-likeness (QED) is 0.627. The van der Waals surface area contributed by atoms with Gasteiger partial charge in [0.1, 0.15) is 0 Å². The summed E-state index contributed by atoms with van der Waals surface area (Å²) in [5, 5.41) is 18.9. The third-order valence-electron chi connectivity index (χ3n) is 2.20. The highest BCUT2D eigenvalue weighted by molar-refractivity contribution is 6.65. The fourth-order valence-corrected chi connectivity index (χ4v) is 1.78. The summed E-state index contributed by atoms with van der Waals surface area (Å²) in [5.41, 5.74) is 2.16. The average Bonchev–Trinajstić information content (AvgIpc) is 2.50. The molecule has 0 aromatic heterocycles. The molecule has 0 radical (unpaired) electrons. The van der Waals surface area contributed by atoms with Crippen molar-refractivity contribution in [2.24, 2.45) is 0 Å². The Balaban J connectivity index is 2.59. The van der Waals surface area contributed by atoms with E-state index in [0.717, 1.165) is 11.1 Å². The van der Waals surface area contributed by atoms with Crippen LogP contribution in [0.4, 0.5) is 0 Å². The highest BCUT2D eigenvalue weighted by atomic mass is 35.5. The van der Waals surface area contributed by atoms with E-state index in [2.05, 4.69) is 0 Å². The molecule has 0 unspecified atom stereocenters. The number of halogens is 1. The lowest BCUT2D eigenvalue weighted by atomic mass is 9.78. The first-order valence-corrected chi connectivity index (χ1v) is 4.32. The second kappa shape index (κ2) is 3.31. The molecule has 0 saturated heterocycles. The van der Waals surface area contributed by atoms with E-state index in [1.165, 1.54) is 0 Å². The van der Waals surface area contributed by atoms with Gasteiger partial charge in [0.25, 0.3) is 0 Å². The second-order valence-corrected chi connectivity index (χ2v) is 3.33. The molecular formula is C8H8BClO3. The minimum Gasteiger partial charge on any atom is -0.423 e. The molecule has 1 aromatic rings. The molecule has 0 atom stereocenters. The summed E-state index contributed by atoms with van der Waals surface area (Å²) in [4.78, 5) is 0. The van der Waals surface area contributed by atoms with E-state index in [-0.39, 0.29) is 6.61 Å². The van der Waals surface area contributed by atoms with Crippen LogP contribution in [-0.4, -0.2) is 17.2 Å². The number of fused-ring (bicyclic) bond motifs is 1. The third-order valence-corrected chi connectivity index (χ3v) is 2.53. The number of rotatable bonds is 1. The monoisotopic (exact) mass is 198 g/mol. The topological polar surface area (TPSA) is 49.7 Å². The maximum absolute atomic E-state index is 9.39. The van der Waals surface area contributed by atoms with Crippen molar-refractivity contribution >= 4 is 24.2 Å². The molecule has 68 valence electrons. The first-order valence-electron chi connectivity index (χ1n) is 3.94. The zero-order valence-corrected chi connectivity index (χ0v) is 7.58. The maximum atomic E-state index is 9.39. The normalized spacial score (nSPS) is 14.8. The van der Waals surface area contributed by atoms with Crippen molar-refractivity contribution in [2.45, 2.75) is 13.2 Å². The fraction of sp³-hybridized carbons (Fsp3) is 0.250. The van der Waals surface area contributed by atoms with Crippen LogP contribution < -0.4 is 5.46 Å². The molecule has 0 bridgehead atoms. The van der Waals surface area contributed by atoms with Crippen LogP contribution in [-0.2, 0) is 17.9 Å². The molecule has 0 fully saturated rings. The van der Waals surface area contributed by atoms with Gasteiger partial charge in [-0.1, -0.05) is 17.7 Å². The predicted octanol–water partition coefficient (Wildman–Crippen LogP) is 0.0500. The van der Waals surface area contributed by atoms with Crippen LogP contribution in [0.3, 0.4) is 0 Å². The van der Waals surface area contributed by atoms with Gasteiger partial charge < -0.3 is 14.8 Å². The molecule has 2 N–H and O–H groups in total. The van der Waals surface area contributed by atoms with Crippen LogP contribution in [0, 0.1) is 0 Å². The summed E-state index contributed by atoms with van der Waals surface area (Å²) < 4.78 is 5.01. The number of benzene rings is 1. The van der Waals surface area contributed by atoms with Gasteiger partial charge in [-0.25, -0.2) is 0 Å². The summed E-state index contributed by atoms with van der Waals surface area (Å²) >= 11 is 5.87. The van der Waals surface area contributed by atoms with Crippen LogP contribution in [0.1, 0.15) is 11.1 Å². The average molecular weight is 198 g/mol. The first kappa shape index (κ1) is 9.03.